The minimum Gasteiger partial charge on any atom is -0.457 e. The second kappa shape index (κ2) is 5.42. The van der Waals surface area contributed by atoms with Crippen molar-refractivity contribution in [3.63, 3.8) is 0 Å². The Balaban J connectivity index is 1.56. The van der Waals surface area contributed by atoms with E-state index >= 15 is 0 Å². The van der Waals surface area contributed by atoms with Crippen LogP contribution in [0.2, 0.25) is 0 Å². The number of amides is 1. The number of hydrogen-bond donors (Lipinski definition) is 1. The first-order valence-corrected chi connectivity index (χ1v) is 8.04. The van der Waals surface area contributed by atoms with Gasteiger partial charge >= 0.3 is 0 Å². The van der Waals surface area contributed by atoms with Crippen LogP contribution in [-0.2, 0) is 4.79 Å². The molecular weight excluding hydrogens is 296 g/mol. The van der Waals surface area contributed by atoms with Crippen molar-refractivity contribution < 1.29 is 9.53 Å². The first kappa shape index (κ1) is 13.3. The highest BCUT2D eigenvalue weighted by Gasteiger charge is 2.30. The van der Waals surface area contributed by atoms with Gasteiger partial charge in [0.05, 0.1) is 10.2 Å². The number of anilines is 1. The van der Waals surface area contributed by atoms with Gasteiger partial charge in [-0.2, -0.15) is 0 Å². The molecule has 1 aromatic heterocycles. The predicted octanol–water partition coefficient (Wildman–Crippen LogP) is 4.44. The monoisotopic (exact) mass is 310 g/mol. The minimum atomic E-state index is 0.0832. The molecular formula is C17H14N2O2S. The van der Waals surface area contributed by atoms with Crippen LogP contribution in [0.4, 0.5) is 5.13 Å². The van der Waals surface area contributed by atoms with Crippen LogP contribution in [0.1, 0.15) is 12.8 Å². The maximum atomic E-state index is 11.8. The molecule has 1 N–H and O–H groups in total. The molecule has 2 aromatic carbocycles. The van der Waals surface area contributed by atoms with E-state index < -0.39 is 0 Å². The van der Waals surface area contributed by atoms with E-state index in [-0.39, 0.29) is 11.8 Å². The van der Waals surface area contributed by atoms with E-state index in [1.54, 1.807) is 0 Å². The van der Waals surface area contributed by atoms with Gasteiger partial charge in [-0.3, -0.25) is 4.79 Å². The van der Waals surface area contributed by atoms with Crippen LogP contribution in [0.3, 0.4) is 0 Å². The molecule has 1 fully saturated rings. The fraction of sp³-hybridized carbons (Fsp3) is 0.176. The van der Waals surface area contributed by atoms with Crippen LogP contribution in [0.15, 0.2) is 48.5 Å². The number of carbonyl (C=O) groups excluding carboxylic acids is 1. The van der Waals surface area contributed by atoms with Gasteiger partial charge in [0, 0.05) is 12.0 Å². The quantitative estimate of drug-likeness (QED) is 0.775. The molecule has 0 unspecified atom stereocenters. The van der Waals surface area contributed by atoms with Gasteiger partial charge in [0.2, 0.25) is 5.91 Å². The highest BCUT2D eigenvalue weighted by atomic mass is 32.1. The topological polar surface area (TPSA) is 51.2 Å². The number of rotatable bonds is 4. The summed E-state index contributed by atoms with van der Waals surface area (Å²) in [5, 5.41) is 3.55. The Labute approximate surface area is 131 Å². The summed E-state index contributed by atoms with van der Waals surface area (Å²) in [6.07, 6.45) is 1.98. The van der Waals surface area contributed by atoms with Crippen LogP contribution in [0.25, 0.3) is 10.2 Å². The molecule has 0 aliphatic heterocycles. The zero-order valence-corrected chi connectivity index (χ0v) is 12.6. The van der Waals surface area contributed by atoms with Crippen LogP contribution in [0.5, 0.6) is 11.5 Å². The maximum Gasteiger partial charge on any atom is 0.229 e. The summed E-state index contributed by atoms with van der Waals surface area (Å²) in [6, 6.07) is 15.4. The fourth-order valence-electron chi connectivity index (χ4n) is 2.20. The fourth-order valence-corrected chi connectivity index (χ4v) is 3.10. The van der Waals surface area contributed by atoms with E-state index in [1.165, 1.54) is 11.3 Å². The van der Waals surface area contributed by atoms with Crippen molar-refractivity contribution in [2.75, 3.05) is 5.32 Å². The molecule has 1 amide bonds. The number of para-hydroxylation sites is 1. The molecule has 0 radical (unpaired) electrons. The Bertz CT molecular complexity index is 825. The van der Waals surface area contributed by atoms with E-state index in [0.717, 1.165) is 34.6 Å². The molecule has 110 valence electrons. The normalized spacial score (nSPS) is 14.0. The van der Waals surface area contributed by atoms with Gasteiger partial charge in [-0.15, -0.1) is 0 Å². The molecule has 4 rings (SSSR count). The molecule has 5 heteroatoms. The summed E-state index contributed by atoms with van der Waals surface area (Å²) in [5.41, 5.74) is 0.872. The number of ether oxygens (including phenoxy) is 1. The first-order chi connectivity index (χ1) is 10.8. The lowest BCUT2D eigenvalue weighted by molar-refractivity contribution is -0.117. The highest BCUT2D eigenvalue weighted by Crippen LogP contribution is 2.34. The Morgan fingerprint density at radius 2 is 1.95 bits per heavy atom. The molecule has 0 saturated heterocycles. The number of nitrogens with one attached hydrogen (secondary N) is 1. The number of aromatic nitrogens is 1. The van der Waals surface area contributed by atoms with Crippen molar-refractivity contribution in [2.45, 2.75) is 12.8 Å². The molecule has 1 heterocycles. The molecule has 22 heavy (non-hydrogen) atoms. The van der Waals surface area contributed by atoms with Crippen molar-refractivity contribution in [3.05, 3.63) is 48.5 Å². The van der Waals surface area contributed by atoms with Gasteiger partial charge in [0.25, 0.3) is 0 Å². The Kier molecular flexibility index (Phi) is 3.27. The van der Waals surface area contributed by atoms with E-state index in [4.69, 9.17) is 4.74 Å². The summed E-state index contributed by atoms with van der Waals surface area (Å²) in [5.74, 6) is 1.83. The molecule has 0 atom stereocenters. The lowest BCUT2D eigenvalue weighted by Gasteiger charge is -2.04. The first-order valence-electron chi connectivity index (χ1n) is 7.22. The summed E-state index contributed by atoms with van der Waals surface area (Å²) in [4.78, 5) is 16.2. The molecule has 3 aromatic rings. The summed E-state index contributed by atoms with van der Waals surface area (Å²) in [7, 11) is 0. The Hall–Kier alpha value is -2.40. The van der Waals surface area contributed by atoms with Crippen molar-refractivity contribution in [3.8, 4) is 11.5 Å². The van der Waals surface area contributed by atoms with E-state index in [0.29, 0.717) is 5.13 Å². The van der Waals surface area contributed by atoms with Gasteiger partial charge < -0.3 is 10.1 Å². The number of nitrogens with zero attached hydrogens (tertiary/aromatic N) is 1. The second-order valence-corrected chi connectivity index (χ2v) is 6.36. The number of thiazole rings is 1. The largest absolute Gasteiger partial charge is 0.457 e. The number of carbonyl (C=O) groups is 1. The van der Waals surface area contributed by atoms with E-state index in [2.05, 4.69) is 10.3 Å². The third-order valence-electron chi connectivity index (χ3n) is 3.52. The lowest BCUT2D eigenvalue weighted by Crippen LogP contribution is -2.12. The molecule has 1 aliphatic rings. The smallest absolute Gasteiger partial charge is 0.229 e. The number of hydrogen-bond acceptors (Lipinski definition) is 4. The van der Waals surface area contributed by atoms with Crippen molar-refractivity contribution in [1.29, 1.82) is 0 Å². The lowest BCUT2D eigenvalue weighted by atomic mass is 10.3. The third kappa shape index (κ3) is 2.80. The van der Waals surface area contributed by atoms with Gasteiger partial charge in [-0.1, -0.05) is 29.5 Å². The standard InChI is InChI=1S/C17H14N2O2S/c20-16(11-6-7-11)19-17-18-14-9-8-13(10-15(14)22-17)21-12-4-2-1-3-5-12/h1-5,8-11H,6-7H2,(H,18,19,20). The van der Waals surface area contributed by atoms with E-state index in [9.17, 15) is 4.79 Å². The third-order valence-corrected chi connectivity index (χ3v) is 4.45. The second-order valence-electron chi connectivity index (χ2n) is 5.33. The van der Waals surface area contributed by atoms with Crippen LogP contribution in [-0.4, -0.2) is 10.9 Å². The van der Waals surface area contributed by atoms with Gasteiger partial charge in [-0.25, -0.2) is 4.98 Å². The van der Waals surface area contributed by atoms with Crippen molar-refractivity contribution in [1.82, 2.24) is 4.98 Å². The van der Waals surface area contributed by atoms with Gasteiger partial charge in [0.15, 0.2) is 5.13 Å². The predicted molar refractivity (Wildman–Crippen MR) is 87.5 cm³/mol. The average Bonchev–Trinajstić information content (AvgIpc) is 3.30. The molecule has 4 nitrogen and oxygen atoms in total. The van der Waals surface area contributed by atoms with Crippen LogP contribution in [0, 0.1) is 5.92 Å². The maximum absolute atomic E-state index is 11.8. The Morgan fingerprint density at radius 3 is 2.73 bits per heavy atom. The molecule has 1 saturated carbocycles. The molecule has 0 spiro atoms. The number of fused-ring (bicyclic) bond motifs is 1. The zero-order chi connectivity index (χ0) is 14.9. The summed E-state index contributed by atoms with van der Waals surface area (Å²) in [6.45, 7) is 0. The molecule has 1 aliphatic carbocycles. The zero-order valence-electron chi connectivity index (χ0n) is 11.8. The van der Waals surface area contributed by atoms with Crippen LogP contribution >= 0.6 is 11.3 Å². The minimum absolute atomic E-state index is 0.0832. The Morgan fingerprint density at radius 1 is 1.14 bits per heavy atom. The molecule has 0 bridgehead atoms. The van der Waals surface area contributed by atoms with Crippen LogP contribution < -0.4 is 10.1 Å². The van der Waals surface area contributed by atoms with E-state index in [1.807, 2.05) is 48.5 Å². The van der Waals surface area contributed by atoms with Gasteiger partial charge in [-0.05, 0) is 37.1 Å². The van der Waals surface area contributed by atoms with Crippen molar-refractivity contribution >= 4 is 32.6 Å². The summed E-state index contributed by atoms with van der Waals surface area (Å²) >= 11 is 1.47. The van der Waals surface area contributed by atoms with Gasteiger partial charge in [0.1, 0.15) is 11.5 Å². The SMILES string of the molecule is O=C(Nc1nc2ccc(Oc3ccccc3)cc2s1)C1CC1. The number of benzene rings is 2. The van der Waals surface area contributed by atoms with Crippen molar-refractivity contribution in [2.24, 2.45) is 5.92 Å². The highest BCUT2D eigenvalue weighted by molar-refractivity contribution is 7.22. The summed E-state index contributed by atoms with van der Waals surface area (Å²) < 4.78 is 6.82. The average molecular weight is 310 g/mol.